The predicted molar refractivity (Wildman–Crippen MR) is 60.7 cm³/mol. The van der Waals surface area contributed by atoms with Crippen LogP contribution in [-0.2, 0) is 9.53 Å². The first-order valence-corrected chi connectivity index (χ1v) is 6.01. The summed E-state index contributed by atoms with van der Waals surface area (Å²) in [5, 5.41) is 3.03. The van der Waals surface area contributed by atoms with Crippen molar-refractivity contribution in [1.29, 1.82) is 0 Å². The van der Waals surface area contributed by atoms with Gasteiger partial charge in [-0.2, -0.15) is 0 Å². The fraction of sp³-hybridized carbons (Fsp3) is 0.917. The minimum absolute atomic E-state index is 0.0712. The molecule has 1 N–H and O–H groups in total. The molecule has 0 aromatic heterocycles. The average molecular weight is 213 g/mol. The highest BCUT2D eigenvalue weighted by atomic mass is 16.5. The van der Waals surface area contributed by atoms with E-state index in [-0.39, 0.29) is 18.1 Å². The third kappa shape index (κ3) is 4.20. The molecule has 3 heteroatoms. The Kier molecular flexibility index (Phi) is 5.09. The Balaban J connectivity index is 2.34. The predicted octanol–water partition coefficient (Wildman–Crippen LogP) is 2.11. The minimum Gasteiger partial charge on any atom is -0.461 e. The van der Waals surface area contributed by atoms with Crippen LogP contribution in [-0.4, -0.2) is 25.2 Å². The molecule has 1 atom stereocenters. The first kappa shape index (κ1) is 12.5. The number of nitrogens with one attached hydrogen (secondary N) is 1. The number of hydrogen-bond acceptors (Lipinski definition) is 3. The van der Waals surface area contributed by atoms with Crippen molar-refractivity contribution in [3.63, 3.8) is 0 Å². The number of ether oxygens (including phenoxy) is 1. The fourth-order valence-corrected chi connectivity index (χ4v) is 2.06. The van der Waals surface area contributed by atoms with E-state index in [1.165, 1.54) is 12.8 Å². The number of carbonyl (C=O) groups excluding carboxylic acids is 1. The Morgan fingerprint density at radius 3 is 2.47 bits per heavy atom. The SMILES string of the molecule is CNC(CC(C)C)C(=O)OC1CCCC1. The average Bonchev–Trinajstić information content (AvgIpc) is 2.66. The van der Waals surface area contributed by atoms with E-state index in [1.807, 2.05) is 7.05 Å². The Morgan fingerprint density at radius 1 is 1.40 bits per heavy atom. The zero-order chi connectivity index (χ0) is 11.3. The van der Waals surface area contributed by atoms with Gasteiger partial charge in [-0.1, -0.05) is 13.8 Å². The normalized spacial score (nSPS) is 19.5. The standard InChI is InChI=1S/C12H23NO2/c1-9(2)8-11(13-3)12(14)15-10-6-4-5-7-10/h9-11,13H,4-8H2,1-3H3. The van der Waals surface area contributed by atoms with Crippen molar-refractivity contribution in [2.45, 2.75) is 58.1 Å². The van der Waals surface area contributed by atoms with Gasteiger partial charge in [0, 0.05) is 0 Å². The highest BCUT2D eigenvalue weighted by Gasteiger charge is 2.24. The van der Waals surface area contributed by atoms with E-state index in [9.17, 15) is 4.79 Å². The van der Waals surface area contributed by atoms with Gasteiger partial charge in [-0.05, 0) is 45.1 Å². The van der Waals surface area contributed by atoms with Gasteiger partial charge in [-0.3, -0.25) is 4.79 Å². The molecule has 0 heterocycles. The van der Waals surface area contributed by atoms with Gasteiger partial charge in [0.2, 0.25) is 0 Å². The summed E-state index contributed by atoms with van der Waals surface area (Å²) in [6, 6.07) is -0.134. The van der Waals surface area contributed by atoms with Crippen molar-refractivity contribution in [3.8, 4) is 0 Å². The molecule has 0 spiro atoms. The summed E-state index contributed by atoms with van der Waals surface area (Å²) in [7, 11) is 1.82. The van der Waals surface area contributed by atoms with Gasteiger partial charge in [0.15, 0.2) is 0 Å². The Hall–Kier alpha value is -0.570. The molecule has 1 saturated carbocycles. The minimum atomic E-state index is -0.134. The maximum Gasteiger partial charge on any atom is 0.323 e. The molecule has 0 bridgehead atoms. The summed E-state index contributed by atoms with van der Waals surface area (Å²) in [5.74, 6) is 0.441. The third-order valence-electron chi connectivity index (χ3n) is 2.93. The first-order valence-electron chi connectivity index (χ1n) is 6.01. The van der Waals surface area contributed by atoms with Crippen LogP contribution in [0.25, 0.3) is 0 Å². The molecule has 0 saturated heterocycles. The topological polar surface area (TPSA) is 38.3 Å². The second-order valence-electron chi connectivity index (χ2n) is 4.81. The van der Waals surface area contributed by atoms with E-state index in [0.29, 0.717) is 5.92 Å². The van der Waals surface area contributed by atoms with Gasteiger partial charge in [0.05, 0.1) is 0 Å². The van der Waals surface area contributed by atoms with E-state index >= 15 is 0 Å². The molecule has 0 amide bonds. The maximum absolute atomic E-state index is 11.8. The largest absolute Gasteiger partial charge is 0.461 e. The van der Waals surface area contributed by atoms with Gasteiger partial charge in [0.1, 0.15) is 12.1 Å². The summed E-state index contributed by atoms with van der Waals surface area (Å²) in [6.07, 6.45) is 5.52. The van der Waals surface area contributed by atoms with Crippen molar-refractivity contribution in [1.82, 2.24) is 5.32 Å². The van der Waals surface area contributed by atoms with Gasteiger partial charge in [-0.25, -0.2) is 0 Å². The van der Waals surface area contributed by atoms with Crippen molar-refractivity contribution < 1.29 is 9.53 Å². The summed E-state index contributed by atoms with van der Waals surface area (Å²) < 4.78 is 5.46. The van der Waals surface area contributed by atoms with Crippen LogP contribution in [0.15, 0.2) is 0 Å². The lowest BCUT2D eigenvalue weighted by molar-refractivity contribution is -0.151. The zero-order valence-electron chi connectivity index (χ0n) is 10.1. The van der Waals surface area contributed by atoms with E-state index in [2.05, 4.69) is 19.2 Å². The van der Waals surface area contributed by atoms with E-state index in [0.717, 1.165) is 19.3 Å². The lowest BCUT2D eigenvalue weighted by Crippen LogP contribution is -2.38. The van der Waals surface area contributed by atoms with Crippen molar-refractivity contribution in [2.75, 3.05) is 7.05 Å². The molecule has 15 heavy (non-hydrogen) atoms. The second kappa shape index (κ2) is 6.11. The molecule has 0 aromatic carbocycles. The molecule has 1 rings (SSSR count). The lowest BCUT2D eigenvalue weighted by atomic mass is 10.0. The molecule has 1 aliphatic carbocycles. The molecule has 0 radical (unpaired) electrons. The molecule has 1 aliphatic rings. The molecule has 3 nitrogen and oxygen atoms in total. The summed E-state index contributed by atoms with van der Waals surface area (Å²) in [6.45, 7) is 4.24. The van der Waals surface area contributed by atoms with Gasteiger partial charge in [-0.15, -0.1) is 0 Å². The van der Waals surface area contributed by atoms with Crippen LogP contribution < -0.4 is 5.32 Å². The van der Waals surface area contributed by atoms with Crippen LogP contribution in [0.2, 0.25) is 0 Å². The molecule has 88 valence electrons. The molecular formula is C12H23NO2. The fourth-order valence-electron chi connectivity index (χ4n) is 2.06. The third-order valence-corrected chi connectivity index (χ3v) is 2.93. The lowest BCUT2D eigenvalue weighted by Gasteiger charge is -2.19. The van der Waals surface area contributed by atoms with Crippen LogP contribution in [0.5, 0.6) is 0 Å². The van der Waals surface area contributed by atoms with E-state index < -0.39 is 0 Å². The van der Waals surface area contributed by atoms with Crippen LogP contribution in [0.3, 0.4) is 0 Å². The number of hydrogen-bond donors (Lipinski definition) is 1. The van der Waals surface area contributed by atoms with Gasteiger partial charge in [0.25, 0.3) is 0 Å². The summed E-state index contributed by atoms with van der Waals surface area (Å²) in [4.78, 5) is 11.8. The van der Waals surface area contributed by atoms with Crippen molar-refractivity contribution in [2.24, 2.45) is 5.92 Å². The van der Waals surface area contributed by atoms with Crippen LogP contribution in [0.4, 0.5) is 0 Å². The zero-order valence-corrected chi connectivity index (χ0v) is 10.1. The Bertz CT molecular complexity index is 198. The number of rotatable bonds is 5. The van der Waals surface area contributed by atoms with Gasteiger partial charge >= 0.3 is 5.97 Å². The number of likely N-dealkylation sites (N-methyl/N-ethyl adjacent to an activating group) is 1. The van der Waals surface area contributed by atoms with E-state index in [4.69, 9.17) is 4.74 Å². The van der Waals surface area contributed by atoms with Crippen molar-refractivity contribution >= 4 is 5.97 Å². The Morgan fingerprint density at radius 2 is 2.00 bits per heavy atom. The quantitative estimate of drug-likeness (QED) is 0.711. The smallest absolute Gasteiger partial charge is 0.323 e. The Labute approximate surface area is 92.6 Å². The van der Waals surface area contributed by atoms with Crippen LogP contribution >= 0.6 is 0 Å². The molecule has 1 unspecified atom stereocenters. The number of carbonyl (C=O) groups is 1. The second-order valence-corrected chi connectivity index (χ2v) is 4.81. The summed E-state index contributed by atoms with van der Waals surface area (Å²) in [5.41, 5.74) is 0. The first-order chi connectivity index (χ1) is 7.13. The molecule has 0 aliphatic heterocycles. The molecular weight excluding hydrogens is 190 g/mol. The maximum atomic E-state index is 11.8. The monoisotopic (exact) mass is 213 g/mol. The highest BCUT2D eigenvalue weighted by molar-refractivity contribution is 5.75. The molecule has 0 aromatic rings. The van der Waals surface area contributed by atoms with Crippen molar-refractivity contribution in [3.05, 3.63) is 0 Å². The van der Waals surface area contributed by atoms with Gasteiger partial charge < -0.3 is 10.1 Å². The summed E-state index contributed by atoms with van der Waals surface area (Å²) >= 11 is 0. The number of esters is 1. The van der Waals surface area contributed by atoms with E-state index in [1.54, 1.807) is 0 Å². The van der Waals surface area contributed by atoms with Crippen LogP contribution in [0.1, 0.15) is 46.0 Å². The highest BCUT2D eigenvalue weighted by Crippen LogP contribution is 2.21. The van der Waals surface area contributed by atoms with Crippen LogP contribution in [0, 0.1) is 5.92 Å². The molecule has 1 fully saturated rings.